The fraction of sp³-hybridized carbons (Fsp3) is 0.650. The maximum Gasteiger partial charge on any atom is 0.241 e. The number of amides is 1. The second-order valence-electron chi connectivity index (χ2n) is 7.60. The number of carbonyl (C=O) groups excluding carboxylic acids is 1. The highest BCUT2D eigenvalue weighted by molar-refractivity contribution is 5.95. The number of rotatable bonds is 7. The van der Waals surface area contributed by atoms with E-state index in [1.165, 1.54) is 19.4 Å². The molecule has 0 spiro atoms. The zero-order valence-electron chi connectivity index (χ0n) is 15.5. The number of nitrogens with one attached hydrogen (secondary N) is 1. The highest BCUT2D eigenvalue weighted by atomic mass is 35.5. The second kappa shape index (κ2) is 9.56. The lowest BCUT2D eigenvalue weighted by Crippen LogP contribution is -2.48. The largest absolute Gasteiger partial charge is 0.314 e. The molecule has 0 aromatic heterocycles. The van der Waals surface area contributed by atoms with E-state index in [1.54, 1.807) is 0 Å². The minimum absolute atomic E-state index is 0. The molecule has 1 aliphatic heterocycles. The van der Waals surface area contributed by atoms with Gasteiger partial charge < -0.3 is 10.2 Å². The SMILES string of the molecule is CC(C)N(C(=O)CN1CCC(NCC2CC2)CC1)c1ccccc1.Cl. The smallest absolute Gasteiger partial charge is 0.241 e. The fourth-order valence-corrected chi connectivity index (χ4v) is 3.54. The van der Waals surface area contributed by atoms with Crippen molar-refractivity contribution in [1.82, 2.24) is 10.2 Å². The summed E-state index contributed by atoms with van der Waals surface area (Å²) in [5.74, 6) is 1.15. The lowest BCUT2D eigenvalue weighted by molar-refractivity contribution is -0.120. The van der Waals surface area contributed by atoms with Gasteiger partial charge >= 0.3 is 0 Å². The van der Waals surface area contributed by atoms with Crippen molar-refractivity contribution in [3.63, 3.8) is 0 Å². The summed E-state index contributed by atoms with van der Waals surface area (Å²) in [6.45, 7) is 7.93. The van der Waals surface area contributed by atoms with E-state index in [9.17, 15) is 4.79 Å². The van der Waals surface area contributed by atoms with Crippen LogP contribution in [0.1, 0.15) is 39.5 Å². The summed E-state index contributed by atoms with van der Waals surface area (Å²) >= 11 is 0. The molecule has 1 aromatic rings. The Balaban J connectivity index is 0.00000225. The van der Waals surface area contributed by atoms with Gasteiger partial charge in [-0.25, -0.2) is 0 Å². The van der Waals surface area contributed by atoms with Crippen LogP contribution in [-0.4, -0.2) is 49.1 Å². The van der Waals surface area contributed by atoms with E-state index in [0.29, 0.717) is 12.6 Å². The highest BCUT2D eigenvalue weighted by Crippen LogP contribution is 2.28. The number of anilines is 1. The topological polar surface area (TPSA) is 35.6 Å². The Kier molecular flexibility index (Phi) is 7.73. The molecule has 0 bridgehead atoms. The average molecular weight is 366 g/mol. The van der Waals surface area contributed by atoms with Crippen molar-refractivity contribution in [2.24, 2.45) is 5.92 Å². The lowest BCUT2D eigenvalue weighted by Gasteiger charge is -2.34. The Bertz CT molecular complexity index is 525. The van der Waals surface area contributed by atoms with Crippen LogP contribution < -0.4 is 10.2 Å². The zero-order chi connectivity index (χ0) is 16.9. The molecule has 0 radical (unpaired) electrons. The molecule has 5 heteroatoms. The summed E-state index contributed by atoms with van der Waals surface area (Å²) in [6, 6.07) is 10.8. The van der Waals surface area contributed by atoms with E-state index in [1.807, 2.05) is 35.2 Å². The number of hydrogen-bond acceptors (Lipinski definition) is 3. The first-order valence-electron chi connectivity index (χ1n) is 9.46. The molecule has 1 aromatic carbocycles. The van der Waals surface area contributed by atoms with Crippen LogP contribution >= 0.6 is 12.4 Å². The number of likely N-dealkylation sites (tertiary alicyclic amines) is 1. The zero-order valence-corrected chi connectivity index (χ0v) is 16.3. The number of piperidine rings is 1. The monoisotopic (exact) mass is 365 g/mol. The first-order valence-corrected chi connectivity index (χ1v) is 9.46. The van der Waals surface area contributed by atoms with Gasteiger partial charge in [-0.2, -0.15) is 0 Å². The number of hydrogen-bond donors (Lipinski definition) is 1. The van der Waals surface area contributed by atoms with Crippen molar-refractivity contribution in [2.45, 2.75) is 51.6 Å². The average Bonchev–Trinajstić information content (AvgIpc) is 3.39. The number of nitrogens with zero attached hydrogens (tertiary/aromatic N) is 2. The van der Waals surface area contributed by atoms with Crippen LogP contribution in [0.25, 0.3) is 0 Å². The van der Waals surface area contributed by atoms with Crippen molar-refractivity contribution in [2.75, 3.05) is 31.1 Å². The minimum Gasteiger partial charge on any atom is -0.314 e. The van der Waals surface area contributed by atoms with Gasteiger partial charge in [0.05, 0.1) is 6.54 Å². The molecule has 2 aliphatic rings. The van der Waals surface area contributed by atoms with Gasteiger partial charge in [-0.3, -0.25) is 9.69 Å². The van der Waals surface area contributed by atoms with Gasteiger partial charge in [0.1, 0.15) is 0 Å². The quantitative estimate of drug-likeness (QED) is 0.805. The van der Waals surface area contributed by atoms with Crippen molar-refractivity contribution < 1.29 is 4.79 Å². The third-order valence-corrected chi connectivity index (χ3v) is 5.16. The molecule has 1 saturated heterocycles. The van der Waals surface area contributed by atoms with Gasteiger partial charge in [-0.05, 0) is 64.1 Å². The number of halogens is 1. The van der Waals surface area contributed by atoms with Crippen molar-refractivity contribution in [3.05, 3.63) is 30.3 Å². The summed E-state index contributed by atoms with van der Waals surface area (Å²) in [4.78, 5) is 17.1. The Morgan fingerprint density at radius 2 is 1.80 bits per heavy atom. The molecule has 1 aliphatic carbocycles. The molecule has 4 nitrogen and oxygen atoms in total. The molecule has 1 N–H and O–H groups in total. The van der Waals surface area contributed by atoms with Gasteiger partial charge in [0.25, 0.3) is 0 Å². The van der Waals surface area contributed by atoms with Crippen LogP contribution in [0.15, 0.2) is 30.3 Å². The first-order chi connectivity index (χ1) is 11.6. The van der Waals surface area contributed by atoms with E-state index < -0.39 is 0 Å². The highest BCUT2D eigenvalue weighted by Gasteiger charge is 2.26. The maximum absolute atomic E-state index is 12.8. The van der Waals surface area contributed by atoms with E-state index >= 15 is 0 Å². The normalized spacial score (nSPS) is 18.8. The molecule has 25 heavy (non-hydrogen) atoms. The first kappa shape index (κ1) is 20.2. The van der Waals surface area contributed by atoms with Crippen molar-refractivity contribution in [1.29, 1.82) is 0 Å². The summed E-state index contributed by atoms with van der Waals surface area (Å²) in [7, 11) is 0. The number of benzene rings is 1. The molecule has 3 rings (SSSR count). The van der Waals surface area contributed by atoms with Gasteiger partial charge in [-0.1, -0.05) is 18.2 Å². The van der Waals surface area contributed by atoms with Gasteiger partial charge in [0, 0.05) is 30.9 Å². The van der Waals surface area contributed by atoms with Crippen molar-refractivity contribution in [3.8, 4) is 0 Å². The number of carbonyl (C=O) groups is 1. The van der Waals surface area contributed by atoms with E-state index in [2.05, 4.69) is 24.1 Å². The molecule has 0 atom stereocenters. The van der Waals surface area contributed by atoms with E-state index in [-0.39, 0.29) is 24.4 Å². The van der Waals surface area contributed by atoms with Crippen LogP contribution in [0.4, 0.5) is 5.69 Å². The molecule has 2 fully saturated rings. The van der Waals surface area contributed by atoms with Crippen LogP contribution in [0.5, 0.6) is 0 Å². The molecular formula is C20H32ClN3O. The Hall–Kier alpha value is -1.10. The molecule has 1 heterocycles. The fourth-order valence-electron chi connectivity index (χ4n) is 3.54. The van der Waals surface area contributed by atoms with Crippen molar-refractivity contribution >= 4 is 24.0 Å². The third-order valence-electron chi connectivity index (χ3n) is 5.16. The molecule has 1 saturated carbocycles. The van der Waals surface area contributed by atoms with E-state index in [0.717, 1.165) is 37.5 Å². The Morgan fingerprint density at radius 3 is 2.36 bits per heavy atom. The summed E-state index contributed by atoms with van der Waals surface area (Å²) < 4.78 is 0. The third kappa shape index (κ3) is 5.98. The van der Waals surface area contributed by atoms with Gasteiger partial charge in [0.15, 0.2) is 0 Å². The second-order valence-corrected chi connectivity index (χ2v) is 7.60. The predicted octanol–water partition coefficient (Wildman–Crippen LogP) is 3.31. The van der Waals surface area contributed by atoms with Crippen LogP contribution in [0.2, 0.25) is 0 Å². The van der Waals surface area contributed by atoms with Crippen LogP contribution in [0, 0.1) is 5.92 Å². The molecule has 1 amide bonds. The van der Waals surface area contributed by atoms with Crippen LogP contribution in [0.3, 0.4) is 0 Å². The summed E-state index contributed by atoms with van der Waals surface area (Å²) in [6.07, 6.45) is 5.13. The standard InChI is InChI=1S/C20H31N3O.ClH/c1-16(2)23(19-6-4-3-5-7-19)20(24)15-22-12-10-18(11-13-22)21-14-17-8-9-17;/h3-7,16-18,21H,8-15H2,1-2H3;1H. The van der Waals surface area contributed by atoms with Gasteiger partial charge in [-0.15, -0.1) is 12.4 Å². The molecule has 0 unspecified atom stereocenters. The summed E-state index contributed by atoms with van der Waals surface area (Å²) in [5, 5.41) is 3.70. The Labute approximate surface area is 158 Å². The molecule has 140 valence electrons. The van der Waals surface area contributed by atoms with Gasteiger partial charge in [0.2, 0.25) is 5.91 Å². The predicted molar refractivity (Wildman–Crippen MR) is 107 cm³/mol. The van der Waals surface area contributed by atoms with Crippen LogP contribution in [-0.2, 0) is 4.79 Å². The Morgan fingerprint density at radius 1 is 1.16 bits per heavy atom. The van der Waals surface area contributed by atoms with E-state index in [4.69, 9.17) is 0 Å². The number of para-hydroxylation sites is 1. The minimum atomic E-state index is 0. The molecular weight excluding hydrogens is 334 g/mol. The summed E-state index contributed by atoms with van der Waals surface area (Å²) in [5.41, 5.74) is 0.999. The lowest BCUT2D eigenvalue weighted by atomic mass is 10.0. The maximum atomic E-state index is 12.8.